The molecule has 1 amide bonds. The predicted octanol–water partition coefficient (Wildman–Crippen LogP) is 5.83. The van der Waals surface area contributed by atoms with Crippen LogP contribution in [0, 0.1) is 6.92 Å². The van der Waals surface area contributed by atoms with Gasteiger partial charge in [0.15, 0.2) is 0 Å². The van der Waals surface area contributed by atoms with Crippen molar-refractivity contribution in [1.29, 1.82) is 0 Å². The van der Waals surface area contributed by atoms with Crippen LogP contribution in [0.15, 0.2) is 46.9 Å². The number of unbranched alkanes of at least 4 members (excludes halogenated alkanes) is 1. The van der Waals surface area contributed by atoms with Gasteiger partial charge in [0.2, 0.25) is 0 Å². The molecule has 1 heterocycles. The number of nitrogens with one attached hydrogen (secondary N) is 1. The van der Waals surface area contributed by atoms with Crippen molar-refractivity contribution in [2.75, 3.05) is 11.9 Å². The molecule has 0 atom stereocenters. The molecule has 1 aromatic heterocycles. The molecule has 130 valence electrons. The van der Waals surface area contributed by atoms with Crippen LogP contribution in [0.1, 0.15) is 35.9 Å². The Labute approximate surface area is 151 Å². The van der Waals surface area contributed by atoms with E-state index in [4.69, 9.17) is 20.8 Å². The van der Waals surface area contributed by atoms with Gasteiger partial charge in [0, 0.05) is 16.1 Å². The first-order valence-electron chi connectivity index (χ1n) is 8.31. The third kappa shape index (κ3) is 3.97. The van der Waals surface area contributed by atoms with Gasteiger partial charge in [-0.25, -0.2) is 0 Å². The Morgan fingerprint density at radius 1 is 1.20 bits per heavy atom. The third-order valence-electron chi connectivity index (χ3n) is 3.93. The van der Waals surface area contributed by atoms with E-state index in [0.717, 1.165) is 24.0 Å². The lowest BCUT2D eigenvalue weighted by Crippen LogP contribution is -2.12. The number of amides is 1. The van der Waals surface area contributed by atoms with E-state index in [-0.39, 0.29) is 5.91 Å². The van der Waals surface area contributed by atoms with Crippen molar-refractivity contribution in [3.05, 3.63) is 58.8 Å². The molecule has 2 aromatic carbocycles. The summed E-state index contributed by atoms with van der Waals surface area (Å²) in [6, 6.07) is 12.5. The van der Waals surface area contributed by atoms with Gasteiger partial charge in [0.05, 0.1) is 12.2 Å². The number of fused-ring (bicyclic) bond motifs is 1. The third-order valence-corrected chi connectivity index (χ3v) is 4.18. The molecule has 0 saturated carbocycles. The molecule has 3 aromatic rings. The van der Waals surface area contributed by atoms with E-state index in [9.17, 15) is 4.79 Å². The minimum atomic E-state index is -0.218. The Balaban J connectivity index is 1.88. The second-order valence-electron chi connectivity index (χ2n) is 5.85. The van der Waals surface area contributed by atoms with Gasteiger partial charge in [-0.2, -0.15) is 0 Å². The first-order valence-corrected chi connectivity index (χ1v) is 8.69. The Morgan fingerprint density at radius 3 is 2.68 bits per heavy atom. The summed E-state index contributed by atoms with van der Waals surface area (Å²) >= 11 is 5.88. The fraction of sp³-hybridized carbons (Fsp3) is 0.250. The molecule has 0 spiro atoms. The first-order chi connectivity index (χ1) is 12.1. The molecule has 0 aliphatic carbocycles. The molecule has 4 nitrogen and oxygen atoms in total. The van der Waals surface area contributed by atoms with Gasteiger partial charge in [0.1, 0.15) is 17.1 Å². The maximum absolute atomic E-state index is 12.7. The summed E-state index contributed by atoms with van der Waals surface area (Å²) in [5.41, 5.74) is 1.87. The zero-order valence-electron chi connectivity index (χ0n) is 14.3. The van der Waals surface area contributed by atoms with Gasteiger partial charge in [-0.3, -0.25) is 4.79 Å². The molecule has 0 saturated heterocycles. The fourth-order valence-corrected chi connectivity index (χ4v) is 2.76. The number of aryl methyl sites for hydroxylation is 1. The minimum absolute atomic E-state index is 0.218. The van der Waals surface area contributed by atoms with Crippen molar-refractivity contribution in [2.45, 2.75) is 26.7 Å². The predicted molar refractivity (Wildman–Crippen MR) is 101 cm³/mol. The Bertz CT molecular complexity index is 884. The molecule has 25 heavy (non-hydrogen) atoms. The van der Waals surface area contributed by atoms with Crippen molar-refractivity contribution in [1.82, 2.24) is 0 Å². The summed E-state index contributed by atoms with van der Waals surface area (Å²) in [5.74, 6) is 1.10. The van der Waals surface area contributed by atoms with E-state index in [1.165, 1.54) is 0 Å². The van der Waals surface area contributed by atoms with E-state index in [1.807, 2.05) is 18.2 Å². The number of anilines is 1. The van der Waals surface area contributed by atoms with Crippen molar-refractivity contribution in [3.63, 3.8) is 0 Å². The first kappa shape index (κ1) is 17.4. The van der Waals surface area contributed by atoms with E-state index in [0.29, 0.717) is 34.2 Å². The summed E-state index contributed by atoms with van der Waals surface area (Å²) in [5, 5.41) is 4.25. The number of carbonyl (C=O) groups is 1. The lowest BCUT2D eigenvalue weighted by atomic mass is 10.1. The number of benzene rings is 2. The second kappa shape index (κ2) is 7.62. The molecule has 5 heteroatoms. The zero-order chi connectivity index (χ0) is 17.8. The highest BCUT2D eigenvalue weighted by Gasteiger charge is 2.19. The SMILES string of the molecule is CCCCOc1ccc2oc(C)c(C(=O)Nc3ccc(Cl)cc3)c2c1. The summed E-state index contributed by atoms with van der Waals surface area (Å²) in [7, 11) is 0. The fourth-order valence-electron chi connectivity index (χ4n) is 2.63. The van der Waals surface area contributed by atoms with E-state index < -0.39 is 0 Å². The molecule has 0 aliphatic rings. The summed E-state index contributed by atoms with van der Waals surface area (Å²) in [6.07, 6.45) is 2.06. The van der Waals surface area contributed by atoms with Crippen LogP contribution in [0.25, 0.3) is 11.0 Å². The van der Waals surface area contributed by atoms with Crippen molar-refractivity contribution in [3.8, 4) is 5.75 Å². The van der Waals surface area contributed by atoms with Crippen molar-refractivity contribution >= 4 is 34.2 Å². The molecule has 1 N–H and O–H groups in total. The molecular formula is C20H20ClNO3. The normalized spacial score (nSPS) is 10.8. The molecule has 0 unspecified atom stereocenters. The van der Waals surface area contributed by atoms with Crippen LogP contribution in [0.3, 0.4) is 0 Å². The van der Waals surface area contributed by atoms with Gasteiger partial charge in [-0.1, -0.05) is 24.9 Å². The summed E-state index contributed by atoms with van der Waals surface area (Å²) in [6.45, 7) is 4.56. The van der Waals surface area contributed by atoms with Crippen LogP contribution in [0.4, 0.5) is 5.69 Å². The number of hydrogen-bond donors (Lipinski definition) is 1. The van der Waals surface area contributed by atoms with Crippen LogP contribution in [0.5, 0.6) is 5.75 Å². The van der Waals surface area contributed by atoms with E-state index in [2.05, 4.69) is 12.2 Å². The maximum Gasteiger partial charge on any atom is 0.259 e. The lowest BCUT2D eigenvalue weighted by Gasteiger charge is -2.07. The van der Waals surface area contributed by atoms with Crippen molar-refractivity contribution < 1.29 is 13.9 Å². The van der Waals surface area contributed by atoms with Crippen LogP contribution >= 0.6 is 11.6 Å². The Morgan fingerprint density at radius 2 is 1.96 bits per heavy atom. The van der Waals surface area contributed by atoms with Crippen LogP contribution in [-0.2, 0) is 0 Å². The smallest absolute Gasteiger partial charge is 0.259 e. The van der Waals surface area contributed by atoms with E-state index >= 15 is 0 Å². The lowest BCUT2D eigenvalue weighted by molar-refractivity contribution is 0.102. The highest BCUT2D eigenvalue weighted by molar-refractivity contribution is 6.30. The molecule has 0 radical (unpaired) electrons. The Kier molecular flexibility index (Phi) is 5.29. The maximum atomic E-state index is 12.7. The molecular weight excluding hydrogens is 338 g/mol. The molecule has 0 aliphatic heterocycles. The van der Waals surface area contributed by atoms with Crippen LogP contribution in [-0.4, -0.2) is 12.5 Å². The van der Waals surface area contributed by atoms with Crippen molar-refractivity contribution in [2.24, 2.45) is 0 Å². The highest BCUT2D eigenvalue weighted by atomic mass is 35.5. The standard InChI is InChI=1S/C20H20ClNO3/c1-3-4-11-24-16-9-10-18-17(12-16)19(13(2)25-18)20(23)22-15-7-5-14(21)6-8-15/h5-10,12H,3-4,11H2,1-2H3,(H,22,23). The average Bonchev–Trinajstić information content (AvgIpc) is 2.92. The van der Waals surface area contributed by atoms with Crippen LogP contribution < -0.4 is 10.1 Å². The number of carbonyl (C=O) groups excluding carboxylic acids is 1. The van der Waals surface area contributed by atoms with E-state index in [1.54, 1.807) is 31.2 Å². The van der Waals surface area contributed by atoms with Gasteiger partial charge < -0.3 is 14.5 Å². The van der Waals surface area contributed by atoms with Gasteiger partial charge in [-0.15, -0.1) is 0 Å². The van der Waals surface area contributed by atoms with Crippen LogP contribution in [0.2, 0.25) is 5.02 Å². The largest absolute Gasteiger partial charge is 0.494 e. The second-order valence-corrected chi connectivity index (χ2v) is 6.29. The number of ether oxygens (including phenoxy) is 1. The minimum Gasteiger partial charge on any atom is -0.494 e. The number of furan rings is 1. The number of halogens is 1. The summed E-state index contributed by atoms with van der Waals surface area (Å²) < 4.78 is 11.5. The average molecular weight is 358 g/mol. The Hall–Kier alpha value is -2.46. The topological polar surface area (TPSA) is 51.5 Å². The zero-order valence-corrected chi connectivity index (χ0v) is 15.0. The number of rotatable bonds is 6. The van der Waals surface area contributed by atoms with Gasteiger partial charge >= 0.3 is 0 Å². The summed E-state index contributed by atoms with van der Waals surface area (Å²) in [4.78, 5) is 12.7. The van der Waals surface area contributed by atoms with Gasteiger partial charge in [0.25, 0.3) is 5.91 Å². The van der Waals surface area contributed by atoms with Gasteiger partial charge in [-0.05, 0) is 55.8 Å². The molecule has 0 bridgehead atoms. The quantitative estimate of drug-likeness (QED) is 0.565. The highest BCUT2D eigenvalue weighted by Crippen LogP contribution is 2.30. The molecule has 0 fully saturated rings. The molecule has 3 rings (SSSR count). The monoisotopic (exact) mass is 357 g/mol. The number of hydrogen-bond acceptors (Lipinski definition) is 3.